The molecule has 0 bridgehead atoms. The number of aliphatic imine (C=N–C) groups is 1. The Balaban J connectivity index is 2.55. The van der Waals surface area contributed by atoms with E-state index in [0.29, 0.717) is 10.5 Å². The van der Waals surface area contributed by atoms with E-state index in [4.69, 9.17) is 0 Å². The SMILES string of the molecule is CC(I)C1=NCC(=O)N1. The van der Waals surface area contributed by atoms with Gasteiger partial charge in [0.1, 0.15) is 12.4 Å². The molecule has 0 saturated carbocycles. The van der Waals surface area contributed by atoms with Crippen molar-refractivity contribution in [1.82, 2.24) is 5.32 Å². The molecule has 0 radical (unpaired) electrons. The fourth-order valence-corrected chi connectivity index (χ4v) is 0.957. The molecule has 1 amide bonds. The quantitative estimate of drug-likeness (QED) is 0.519. The predicted octanol–water partition coefficient (Wildman–Crippen LogP) is 0.338. The Morgan fingerprint density at radius 2 is 2.56 bits per heavy atom. The largest absolute Gasteiger partial charge is 0.312 e. The Kier molecular flexibility index (Phi) is 2.05. The molecule has 0 saturated heterocycles. The molecule has 1 N–H and O–H groups in total. The number of nitrogens with one attached hydrogen (secondary N) is 1. The molecule has 1 heterocycles. The number of amidine groups is 1. The van der Waals surface area contributed by atoms with Crippen molar-refractivity contribution in [3.63, 3.8) is 0 Å². The number of hydrogen-bond donors (Lipinski definition) is 1. The zero-order chi connectivity index (χ0) is 6.85. The van der Waals surface area contributed by atoms with Crippen LogP contribution >= 0.6 is 22.6 Å². The van der Waals surface area contributed by atoms with Crippen LogP contribution in [-0.4, -0.2) is 22.2 Å². The fourth-order valence-electron chi connectivity index (χ4n) is 0.604. The number of halogens is 1. The van der Waals surface area contributed by atoms with Crippen LogP contribution in [0.3, 0.4) is 0 Å². The van der Waals surface area contributed by atoms with E-state index in [-0.39, 0.29) is 5.91 Å². The average molecular weight is 238 g/mol. The van der Waals surface area contributed by atoms with Crippen molar-refractivity contribution < 1.29 is 4.79 Å². The first-order valence-electron chi connectivity index (χ1n) is 2.68. The van der Waals surface area contributed by atoms with Crippen LogP contribution in [0.1, 0.15) is 6.92 Å². The maximum absolute atomic E-state index is 10.5. The number of carbonyl (C=O) groups excluding carboxylic acids is 1. The summed E-state index contributed by atoms with van der Waals surface area (Å²) in [5, 5.41) is 2.66. The summed E-state index contributed by atoms with van der Waals surface area (Å²) in [6, 6.07) is 0. The van der Waals surface area contributed by atoms with E-state index in [1.807, 2.05) is 6.92 Å². The summed E-state index contributed by atoms with van der Waals surface area (Å²) >= 11 is 2.21. The van der Waals surface area contributed by atoms with Gasteiger partial charge < -0.3 is 5.32 Å². The summed E-state index contributed by atoms with van der Waals surface area (Å²) in [5.74, 6) is 0.814. The minimum Gasteiger partial charge on any atom is -0.312 e. The van der Waals surface area contributed by atoms with Crippen molar-refractivity contribution in [2.75, 3.05) is 6.54 Å². The molecular formula is C5H7IN2O. The molecule has 0 aromatic heterocycles. The normalized spacial score (nSPS) is 21.1. The Hall–Kier alpha value is -0.130. The maximum atomic E-state index is 10.5. The lowest BCUT2D eigenvalue weighted by molar-refractivity contribution is -0.117. The molecule has 0 aromatic rings. The lowest BCUT2D eigenvalue weighted by atomic mass is 10.4. The van der Waals surface area contributed by atoms with Crippen molar-refractivity contribution in [1.29, 1.82) is 0 Å². The number of nitrogens with zero attached hydrogens (tertiary/aromatic N) is 1. The minimum absolute atomic E-state index is 0.00789. The van der Waals surface area contributed by atoms with Gasteiger partial charge in [-0.3, -0.25) is 9.79 Å². The zero-order valence-corrected chi connectivity index (χ0v) is 7.18. The van der Waals surface area contributed by atoms with Crippen LogP contribution in [0.4, 0.5) is 0 Å². The highest BCUT2D eigenvalue weighted by molar-refractivity contribution is 14.1. The summed E-state index contributed by atoms with van der Waals surface area (Å²) in [6.07, 6.45) is 0. The lowest BCUT2D eigenvalue weighted by Gasteiger charge is -2.00. The minimum atomic E-state index is 0.00789. The van der Waals surface area contributed by atoms with Gasteiger partial charge in [-0.2, -0.15) is 0 Å². The van der Waals surface area contributed by atoms with Crippen LogP contribution in [-0.2, 0) is 4.79 Å². The molecule has 1 aliphatic rings. The third kappa shape index (κ3) is 1.64. The summed E-state index contributed by atoms with van der Waals surface area (Å²) in [7, 11) is 0. The van der Waals surface area contributed by atoms with Gasteiger partial charge in [0, 0.05) is 0 Å². The Morgan fingerprint density at radius 3 is 2.78 bits per heavy atom. The molecule has 0 spiro atoms. The molecule has 0 aliphatic carbocycles. The van der Waals surface area contributed by atoms with Gasteiger partial charge in [0.25, 0.3) is 0 Å². The highest BCUT2D eigenvalue weighted by atomic mass is 127. The second-order valence-corrected chi connectivity index (χ2v) is 3.73. The molecule has 50 valence electrons. The van der Waals surface area contributed by atoms with E-state index in [9.17, 15) is 4.79 Å². The molecular weight excluding hydrogens is 231 g/mol. The topological polar surface area (TPSA) is 41.5 Å². The number of hydrogen-bond acceptors (Lipinski definition) is 2. The first-order valence-corrected chi connectivity index (χ1v) is 3.93. The fraction of sp³-hybridized carbons (Fsp3) is 0.600. The van der Waals surface area contributed by atoms with Crippen LogP contribution in [0, 0.1) is 0 Å². The van der Waals surface area contributed by atoms with E-state index in [0.717, 1.165) is 5.84 Å². The van der Waals surface area contributed by atoms with Crippen molar-refractivity contribution >= 4 is 34.3 Å². The van der Waals surface area contributed by atoms with E-state index in [1.54, 1.807) is 0 Å². The summed E-state index contributed by atoms with van der Waals surface area (Å²) in [6.45, 7) is 2.30. The number of amides is 1. The van der Waals surface area contributed by atoms with Crippen LogP contribution in [0.25, 0.3) is 0 Å². The van der Waals surface area contributed by atoms with E-state index < -0.39 is 0 Å². The molecule has 0 fully saturated rings. The average Bonchev–Trinajstić information content (AvgIpc) is 2.14. The first-order chi connectivity index (χ1) is 4.20. The summed E-state index contributed by atoms with van der Waals surface area (Å²) < 4.78 is 0.314. The Bertz CT molecular complexity index is 164. The van der Waals surface area contributed by atoms with Gasteiger partial charge >= 0.3 is 0 Å². The standard InChI is InChI=1S/C5H7IN2O/c1-3(6)5-7-2-4(9)8-5/h3H,2H2,1H3,(H,7,8,9). The van der Waals surface area contributed by atoms with Crippen LogP contribution in [0.5, 0.6) is 0 Å². The van der Waals surface area contributed by atoms with Crippen LogP contribution in [0.2, 0.25) is 0 Å². The van der Waals surface area contributed by atoms with Crippen molar-refractivity contribution in [2.45, 2.75) is 10.8 Å². The number of alkyl halides is 1. The van der Waals surface area contributed by atoms with Crippen molar-refractivity contribution in [3.05, 3.63) is 0 Å². The molecule has 1 aliphatic heterocycles. The molecule has 1 unspecified atom stereocenters. The van der Waals surface area contributed by atoms with E-state index in [2.05, 4.69) is 32.9 Å². The predicted molar refractivity (Wildman–Crippen MR) is 43.9 cm³/mol. The lowest BCUT2D eigenvalue weighted by Crippen LogP contribution is -2.29. The van der Waals surface area contributed by atoms with Crippen LogP contribution in [0.15, 0.2) is 4.99 Å². The monoisotopic (exact) mass is 238 g/mol. The molecule has 1 rings (SSSR count). The van der Waals surface area contributed by atoms with Crippen molar-refractivity contribution in [3.8, 4) is 0 Å². The Labute approximate surface area is 67.1 Å². The smallest absolute Gasteiger partial charge is 0.247 e. The second kappa shape index (κ2) is 2.64. The van der Waals surface area contributed by atoms with E-state index in [1.165, 1.54) is 0 Å². The van der Waals surface area contributed by atoms with Crippen LogP contribution < -0.4 is 5.32 Å². The van der Waals surface area contributed by atoms with E-state index >= 15 is 0 Å². The van der Waals surface area contributed by atoms with Gasteiger partial charge in [-0.1, -0.05) is 22.6 Å². The second-order valence-electron chi connectivity index (χ2n) is 1.87. The van der Waals surface area contributed by atoms with Gasteiger partial charge in [-0.25, -0.2) is 0 Å². The highest BCUT2D eigenvalue weighted by Crippen LogP contribution is 2.02. The highest BCUT2D eigenvalue weighted by Gasteiger charge is 2.15. The summed E-state index contributed by atoms with van der Waals surface area (Å²) in [5.41, 5.74) is 0. The number of rotatable bonds is 1. The first kappa shape index (κ1) is 6.98. The Morgan fingerprint density at radius 1 is 1.89 bits per heavy atom. The van der Waals surface area contributed by atoms with Gasteiger partial charge in [0.05, 0.1) is 3.92 Å². The molecule has 0 aromatic carbocycles. The van der Waals surface area contributed by atoms with Gasteiger partial charge in [0.2, 0.25) is 5.91 Å². The molecule has 9 heavy (non-hydrogen) atoms. The summed E-state index contributed by atoms with van der Waals surface area (Å²) in [4.78, 5) is 14.5. The number of carbonyl (C=O) groups is 1. The van der Waals surface area contributed by atoms with Gasteiger partial charge in [-0.05, 0) is 6.92 Å². The zero-order valence-electron chi connectivity index (χ0n) is 5.02. The third-order valence-electron chi connectivity index (χ3n) is 1.04. The molecule has 1 atom stereocenters. The van der Waals surface area contributed by atoms with Gasteiger partial charge in [0.15, 0.2) is 0 Å². The van der Waals surface area contributed by atoms with Gasteiger partial charge in [-0.15, -0.1) is 0 Å². The third-order valence-corrected chi connectivity index (χ3v) is 1.63. The maximum Gasteiger partial charge on any atom is 0.247 e. The molecule has 3 nitrogen and oxygen atoms in total. The van der Waals surface area contributed by atoms with Crippen molar-refractivity contribution in [2.24, 2.45) is 4.99 Å². The molecule has 4 heteroatoms.